The van der Waals surface area contributed by atoms with Crippen LogP contribution >= 0.6 is 0 Å². The van der Waals surface area contributed by atoms with Gasteiger partial charge in [-0.1, -0.05) is 48.5 Å². The van der Waals surface area contributed by atoms with Crippen molar-refractivity contribution in [1.82, 2.24) is 5.32 Å². The molecule has 3 aromatic carbocycles. The summed E-state index contributed by atoms with van der Waals surface area (Å²) in [5, 5.41) is 12.3. The molecule has 0 saturated heterocycles. The number of fused-ring (bicyclic) bond motifs is 3. The van der Waals surface area contributed by atoms with E-state index >= 15 is 0 Å². The molecule has 0 fully saturated rings. The van der Waals surface area contributed by atoms with Crippen molar-refractivity contribution < 1.29 is 19.0 Å². The summed E-state index contributed by atoms with van der Waals surface area (Å²) < 4.78 is 18.7. The third-order valence-corrected chi connectivity index (χ3v) is 4.81. The van der Waals surface area contributed by atoms with E-state index in [1.807, 2.05) is 36.4 Å². The zero-order chi connectivity index (χ0) is 18.8. The van der Waals surface area contributed by atoms with Crippen molar-refractivity contribution in [3.8, 4) is 16.9 Å². The molecule has 0 unspecified atom stereocenters. The Labute approximate surface area is 156 Å². The van der Waals surface area contributed by atoms with E-state index in [9.17, 15) is 14.3 Å². The Morgan fingerprint density at radius 3 is 2.30 bits per heavy atom. The number of benzene rings is 3. The maximum absolute atomic E-state index is 13.3. The highest BCUT2D eigenvalue weighted by Crippen LogP contribution is 2.44. The lowest BCUT2D eigenvalue weighted by atomic mass is 9.98. The number of hydrogen-bond donors (Lipinski definition) is 2. The number of halogens is 1. The molecule has 0 aliphatic heterocycles. The summed E-state index contributed by atoms with van der Waals surface area (Å²) in [4.78, 5) is 12.1. The predicted octanol–water partition coefficient (Wildman–Crippen LogP) is 4.57. The maximum Gasteiger partial charge on any atom is 0.407 e. The molecule has 0 radical (unpaired) electrons. The summed E-state index contributed by atoms with van der Waals surface area (Å²) >= 11 is 0. The standard InChI is InChI=1S/C22H18FNO3/c23-15-9-10-21(25)14(11-15)12-24-22(26)27-13-20-18-7-3-1-5-16(18)17-6-2-4-8-19(17)20/h1-11,20,25H,12-13H2,(H,24,26). The second-order valence-electron chi connectivity index (χ2n) is 6.45. The number of hydrogen-bond acceptors (Lipinski definition) is 3. The number of amides is 1. The molecular formula is C22H18FNO3. The molecule has 3 aromatic rings. The van der Waals surface area contributed by atoms with Crippen molar-refractivity contribution in [3.63, 3.8) is 0 Å². The quantitative estimate of drug-likeness (QED) is 0.714. The highest BCUT2D eigenvalue weighted by atomic mass is 19.1. The summed E-state index contributed by atoms with van der Waals surface area (Å²) in [6, 6.07) is 19.8. The first-order chi connectivity index (χ1) is 13.1. The van der Waals surface area contributed by atoms with Gasteiger partial charge < -0.3 is 15.2 Å². The van der Waals surface area contributed by atoms with Gasteiger partial charge in [-0.15, -0.1) is 0 Å². The SMILES string of the molecule is O=C(NCc1cc(F)ccc1O)OCC1c2ccccc2-c2ccccc21. The number of rotatable bonds is 4. The number of carbonyl (C=O) groups excluding carboxylic acids is 1. The van der Waals surface area contributed by atoms with Crippen molar-refractivity contribution in [3.05, 3.63) is 89.2 Å². The lowest BCUT2D eigenvalue weighted by Gasteiger charge is -2.14. The Bertz CT molecular complexity index is 957. The van der Waals surface area contributed by atoms with Crippen LogP contribution in [0.5, 0.6) is 5.75 Å². The second kappa shape index (κ2) is 7.11. The maximum atomic E-state index is 13.3. The van der Waals surface area contributed by atoms with Gasteiger partial charge >= 0.3 is 6.09 Å². The smallest absolute Gasteiger partial charge is 0.407 e. The van der Waals surface area contributed by atoms with Gasteiger partial charge in [0.1, 0.15) is 18.2 Å². The van der Waals surface area contributed by atoms with Crippen LogP contribution in [-0.4, -0.2) is 17.8 Å². The van der Waals surface area contributed by atoms with Gasteiger partial charge in [0, 0.05) is 18.0 Å². The molecule has 0 atom stereocenters. The molecule has 4 nitrogen and oxygen atoms in total. The molecule has 5 heteroatoms. The van der Waals surface area contributed by atoms with Crippen LogP contribution in [0.25, 0.3) is 11.1 Å². The highest BCUT2D eigenvalue weighted by Gasteiger charge is 2.28. The van der Waals surface area contributed by atoms with Crippen LogP contribution in [0.3, 0.4) is 0 Å². The predicted molar refractivity (Wildman–Crippen MR) is 100.0 cm³/mol. The van der Waals surface area contributed by atoms with Crippen LogP contribution in [0, 0.1) is 5.82 Å². The minimum atomic E-state index is -0.611. The lowest BCUT2D eigenvalue weighted by molar-refractivity contribution is 0.142. The minimum Gasteiger partial charge on any atom is -0.508 e. The van der Waals surface area contributed by atoms with E-state index in [2.05, 4.69) is 17.4 Å². The van der Waals surface area contributed by atoms with Crippen molar-refractivity contribution >= 4 is 6.09 Å². The molecule has 4 rings (SSSR count). The number of alkyl carbamates (subject to hydrolysis) is 1. The summed E-state index contributed by atoms with van der Waals surface area (Å²) in [6.07, 6.45) is -0.611. The first-order valence-electron chi connectivity index (χ1n) is 8.69. The normalized spacial score (nSPS) is 12.3. The molecule has 0 bridgehead atoms. The van der Waals surface area contributed by atoms with E-state index < -0.39 is 11.9 Å². The summed E-state index contributed by atoms with van der Waals surface area (Å²) in [7, 11) is 0. The molecule has 1 amide bonds. The van der Waals surface area contributed by atoms with Crippen LogP contribution in [0.15, 0.2) is 66.7 Å². The Kier molecular flexibility index (Phi) is 4.50. The number of nitrogens with one attached hydrogen (secondary N) is 1. The lowest BCUT2D eigenvalue weighted by Crippen LogP contribution is -2.25. The largest absolute Gasteiger partial charge is 0.508 e. The molecule has 0 aromatic heterocycles. The average molecular weight is 363 g/mol. The van der Waals surface area contributed by atoms with Crippen LogP contribution < -0.4 is 5.32 Å². The number of ether oxygens (including phenoxy) is 1. The van der Waals surface area contributed by atoms with E-state index in [4.69, 9.17) is 4.74 Å². The monoisotopic (exact) mass is 363 g/mol. The number of phenols is 1. The van der Waals surface area contributed by atoms with Gasteiger partial charge in [-0.25, -0.2) is 9.18 Å². The van der Waals surface area contributed by atoms with E-state index in [0.29, 0.717) is 5.56 Å². The zero-order valence-corrected chi connectivity index (χ0v) is 14.5. The Morgan fingerprint density at radius 2 is 1.63 bits per heavy atom. The van der Waals surface area contributed by atoms with E-state index in [1.54, 1.807) is 0 Å². The molecule has 1 aliphatic rings. The van der Waals surface area contributed by atoms with Crippen molar-refractivity contribution in [2.45, 2.75) is 12.5 Å². The van der Waals surface area contributed by atoms with E-state index in [1.165, 1.54) is 12.1 Å². The fourth-order valence-electron chi connectivity index (χ4n) is 3.51. The third-order valence-electron chi connectivity index (χ3n) is 4.81. The molecule has 0 saturated carbocycles. The third kappa shape index (κ3) is 3.36. The van der Waals surface area contributed by atoms with Crippen LogP contribution in [0.1, 0.15) is 22.6 Å². The molecular weight excluding hydrogens is 345 g/mol. The van der Waals surface area contributed by atoms with Gasteiger partial charge in [-0.05, 0) is 40.5 Å². The fraction of sp³-hybridized carbons (Fsp3) is 0.136. The Hall–Kier alpha value is -3.34. The summed E-state index contributed by atoms with van der Waals surface area (Å²) in [5.41, 5.74) is 4.88. The Morgan fingerprint density at radius 1 is 1.00 bits per heavy atom. The van der Waals surface area contributed by atoms with Gasteiger partial charge in [0.15, 0.2) is 0 Å². The molecule has 136 valence electrons. The van der Waals surface area contributed by atoms with Crippen LogP contribution in [0.2, 0.25) is 0 Å². The number of carbonyl (C=O) groups is 1. The average Bonchev–Trinajstić information content (AvgIpc) is 3.01. The van der Waals surface area contributed by atoms with Gasteiger partial charge in [0.05, 0.1) is 0 Å². The van der Waals surface area contributed by atoms with Crippen LogP contribution in [-0.2, 0) is 11.3 Å². The second-order valence-corrected chi connectivity index (χ2v) is 6.45. The first-order valence-corrected chi connectivity index (χ1v) is 8.69. The highest BCUT2D eigenvalue weighted by molar-refractivity contribution is 5.79. The molecule has 0 spiro atoms. The summed E-state index contributed by atoms with van der Waals surface area (Å²) in [6.45, 7) is 0.190. The topological polar surface area (TPSA) is 58.6 Å². The van der Waals surface area contributed by atoms with Crippen molar-refractivity contribution in [1.29, 1.82) is 0 Å². The van der Waals surface area contributed by atoms with Crippen LogP contribution in [0.4, 0.5) is 9.18 Å². The molecule has 1 aliphatic carbocycles. The van der Waals surface area contributed by atoms with Crippen molar-refractivity contribution in [2.75, 3.05) is 6.61 Å². The van der Waals surface area contributed by atoms with E-state index in [0.717, 1.165) is 28.3 Å². The summed E-state index contributed by atoms with van der Waals surface area (Å²) in [5.74, 6) is -0.571. The molecule has 0 heterocycles. The minimum absolute atomic E-state index is 0.0136. The molecule has 2 N–H and O–H groups in total. The van der Waals surface area contributed by atoms with Crippen molar-refractivity contribution in [2.24, 2.45) is 0 Å². The van der Waals surface area contributed by atoms with Gasteiger partial charge in [0.2, 0.25) is 0 Å². The van der Waals surface area contributed by atoms with Gasteiger partial charge in [0.25, 0.3) is 0 Å². The van der Waals surface area contributed by atoms with Gasteiger partial charge in [-0.3, -0.25) is 0 Å². The zero-order valence-electron chi connectivity index (χ0n) is 14.5. The number of aromatic hydroxyl groups is 1. The first kappa shape index (κ1) is 17.1. The number of phenolic OH excluding ortho intramolecular Hbond substituents is 1. The fourth-order valence-corrected chi connectivity index (χ4v) is 3.51. The Balaban J connectivity index is 1.43. The molecule has 27 heavy (non-hydrogen) atoms. The van der Waals surface area contributed by atoms with Gasteiger partial charge in [-0.2, -0.15) is 0 Å². The van der Waals surface area contributed by atoms with E-state index in [-0.39, 0.29) is 24.8 Å².